The molecule has 1 aliphatic rings. The fraction of sp³-hybridized carbons (Fsp3) is 0.421. The average molecular weight is 405 g/mol. The highest BCUT2D eigenvalue weighted by molar-refractivity contribution is 9.10. The third kappa shape index (κ3) is 4.12. The normalized spacial score (nSPS) is 20.4. The first-order chi connectivity index (χ1) is 12.0. The maximum absolute atomic E-state index is 12.6. The molecule has 0 bridgehead atoms. The van der Waals surface area contributed by atoms with Crippen molar-refractivity contribution in [2.75, 3.05) is 13.7 Å². The zero-order valence-corrected chi connectivity index (χ0v) is 16.3. The minimum absolute atomic E-state index is 0.0377. The van der Waals surface area contributed by atoms with E-state index in [4.69, 9.17) is 4.74 Å². The van der Waals surface area contributed by atoms with Crippen molar-refractivity contribution < 1.29 is 9.53 Å². The van der Waals surface area contributed by atoms with Gasteiger partial charge in [0, 0.05) is 24.5 Å². The lowest BCUT2D eigenvalue weighted by atomic mass is 10.1. The Morgan fingerprint density at radius 3 is 2.76 bits per heavy atom. The van der Waals surface area contributed by atoms with Gasteiger partial charge in [-0.05, 0) is 23.6 Å². The van der Waals surface area contributed by atoms with Crippen molar-refractivity contribution in [1.82, 2.24) is 14.9 Å². The third-order valence-corrected chi connectivity index (χ3v) is 4.95. The second-order valence-corrected chi connectivity index (χ2v) is 7.62. The van der Waals surface area contributed by atoms with Crippen LogP contribution in [-0.2, 0) is 9.53 Å². The van der Waals surface area contributed by atoms with Gasteiger partial charge in [-0.15, -0.1) is 0 Å². The Labute approximate surface area is 156 Å². The maximum atomic E-state index is 12.6. The Morgan fingerprint density at radius 1 is 1.40 bits per heavy atom. The van der Waals surface area contributed by atoms with Gasteiger partial charge < -0.3 is 14.6 Å². The minimum Gasteiger partial charge on any atom is -0.380 e. The number of nitrogens with one attached hydrogen (secondary N) is 1. The van der Waals surface area contributed by atoms with Crippen molar-refractivity contribution in [1.29, 1.82) is 0 Å². The van der Waals surface area contributed by atoms with E-state index in [9.17, 15) is 4.79 Å². The van der Waals surface area contributed by atoms with Gasteiger partial charge in [-0.25, -0.2) is 4.98 Å². The van der Waals surface area contributed by atoms with Gasteiger partial charge in [0.25, 0.3) is 0 Å². The summed E-state index contributed by atoms with van der Waals surface area (Å²) in [5.41, 5.74) is 2.01. The maximum Gasteiger partial charge on any atom is 0.227 e. The van der Waals surface area contributed by atoms with Crippen molar-refractivity contribution in [2.24, 2.45) is 5.92 Å². The number of carbonyl (C=O) groups excluding carboxylic acids is 1. The fourth-order valence-corrected chi connectivity index (χ4v) is 3.40. The van der Waals surface area contributed by atoms with Gasteiger partial charge in [-0.3, -0.25) is 4.79 Å². The molecule has 25 heavy (non-hydrogen) atoms. The van der Waals surface area contributed by atoms with E-state index in [0.717, 1.165) is 28.0 Å². The highest BCUT2D eigenvalue weighted by atomic mass is 79.9. The molecule has 1 fully saturated rings. The van der Waals surface area contributed by atoms with E-state index in [-0.39, 0.29) is 24.0 Å². The molecule has 0 aliphatic carbocycles. The lowest BCUT2D eigenvalue weighted by molar-refractivity contribution is -0.129. The third-order valence-electron chi connectivity index (χ3n) is 4.42. The standard InChI is InChI=1S/C19H23BrN3O2/c1-12(2)8-18(24)23-11-15(25-3)9-17(23)19-21-10-16(22-19)13-4-6-14(20)7-5-13/h4-8,10,12,15,17H,9,11H2,1-3H3,(H,21,22). The zero-order valence-electron chi connectivity index (χ0n) is 14.7. The van der Waals surface area contributed by atoms with E-state index in [0.29, 0.717) is 6.54 Å². The van der Waals surface area contributed by atoms with Crippen LogP contribution in [0.1, 0.15) is 32.1 Å². The van der Waals surface area contributed by atoms with E-state index in [1.54, 1.807) is 13.5 Å². The number of ether oxygens (including phenoxy) is 1. The second kappa shape index (κ2) is 7.70. The first kappa shape index (κ1) is 18.1. The Hall–Kier alpha value is -1.66. The van der Waals surface area contributed by atoms with Crippen LogP contribution < -0.4 is 0 Å². The van der Waals surface area contributed by atoms with Crippen molar-refractivity contribution in [3.63, 3.8) is 0 Å². The zero-order chi connectivity index (χ0) is 18.0. The van der Waals surface area contributed by atoms with Crippen molar-refractivity contribution in [3.05, 3.63) is 47.2 Å². The molecule has 0 saturated carbocycles. The van der Waals surface area contributed by atoms with Gasteiger partial charge in [0.05, 0.1) is 30.5 Å². The molecule has 2 aromatic rings. The summed E-state index contributed by atoms with van der Waals surface area (Å²) in [5, 5.41) is 0. The summed E-state index contributed by atoms with van der Waals surface area (Å²) in [4.78, 5) is 22.4. The molecule has 2 heterocycles. The number of halogens is 1. The number of hydrogen-bond acceptors (Lipinski definition) is 3. The SMILES string of the molecule is COC1CC(c2ncc(-c3ccc(Br)cc3)[nH]2)N(C(=O)[CH]C(C)C)C1. The molecule has 1 aliphatic heterocycles. The van der Waals surface area contributed by atoms with Crippen molar-refractivity contribution in [3.8, 4) is 11.3 Å². The minimum atomic E-state index is -0.0864. The highest BCUT2D eigenvalue weighted by Crippen LogP contribution is 2.33. The van der Waals surface area contributed by atoms with Crippen LogP contribution in [0.15, 0.2) is 34.9 Å². The molecule has 1 N–H and O–H groups in total. The van der Waals surface area contributed by atoms with E-state index in [1.165, 1.54) is 0 Å². The van der Waals surface area contributed by atoms with E-state index >= 15 is 0 Å². The van der Waals surface area contributed by atoms with E-state index < -0.39 is 0 Å². The van der Waals surface area contributed by atoms with Crippen LogP contribution in [0.4, 0.5) is 0 Å². The molecule has 5 nitrogen and oxygen atoms in total. The van der Waals surface area contributed by atoms with Crippen LogP contribution in [0.5, 0.6) is 0 Å². The molecule has 2 atom stereocenters. The van der Waals surface area contributed by atoms with E-state index in [2.05, 4.69) is 25.9 Å². The van der Waals surface area contributed by atoms with Crippen LogP contribution >= 0.6 is 15.9 Å². The lowest BCUT2D eigenvalue weighted by Crippen LogP contribution is -2.33. The number of methoxy groups -OCH3 is 1. The summed E-state index contributed by atoms with van der Waals surface area (Å²) in [5.74, 6) is 1.06. The quantitative estimate of drug-likeness (QED) is 0.819. The number of hydrogen-bond donors (Lipinski definition) is 1. The van der Waals surface area contributed by atoms with Gasteiger partial charge in [0.1, 0.15) is 5.82 Å². The molecule has 1 saturated heterocycles. The first-order valence-corrected chi connectivity index (χ1v) is 9.26. The molecule has 0 spiro atoms. The predicted octanol–water partition coefficient (Wildman–Crippen LogP) is 3.99. The number of aromatic nitrogens is 2. The fourth-order valence-electron chi connectivity index (χ4n) is 3.13. The number of likely N-dealkylation sites (tertiary alicyclic amines) is 1. The number of H-pyrrole nitrogens is 1. The van der Waals surface area contributed by atoms with Crippen LogP contribution in [0.3, 0.4) is 0 Å². The molecule has 1 aromatic heterocycles. The number of nitrogens with zero attached hydrogens (tertiary/aromatic N) is 2. The number of imidazole rings is 1. The smallest absolute Gasteiger partial charge is 0.227 e. The Bertz CT molecular complexity index is 727. The molecule has 133 valence electrons. The predicted molar refractivity (Wildman–Crippen MR) is 101 cm³/mol. The Kier molecular flexibility index (Phi) is 5.59. The molecule has 6 heteroatoms. The molecular weight excluding hydrogens is 382 g/mol. The first-order valence-electron chi connectivity index (χ1n) is 8.47. The summed E-state index contributed by atoms with van der Waals surface area (Å²) < 4.78 is 6.54. The Balaban J connectivity index is 1.83. The number of rotatable bonds is 5. The average Bonchev–Trinajstić information content (AvgIpc) is 3.21. The number of benzene rings is 1. The number of aromatic amines is 1. The molecule has 1 radical (unpaired) electrons. The largest absolute Gasteiger partial charge is 0.380 e. The van der Waals surface area contributed by atoms with Crippen LogP contribution in [0.25, 0.3) is 11.3 Å². The number of carbonyl (C=O) groups is 1. The Morgan fingerprint density at radius 2 is 2.12 bits per heavy atom. The van der Waals surface area contributed by atoms with Gasteiger partial charge in [-0.1, -0.05) is 41.9 Å². The topological polar surface area (TPSA) is 58.2 Å². The van der Waals surface area contributed by atoms with Crippen LogP contribution in [-0.4, -0.2) is 40.5 Å². The van der Waals surface area contributed by atoms with Gasteiger partial charge in [-0.2, -0.15) is 0 Å². The molecular formula is C19H23BrN3O2. The van der Waals surface area contributed by atoms with E-state index in [1.807, 2.05) is 49.2 Å². The monoisotopic (exact) mass is 404 g/mol. The van der Waals surface area contributed by atoms with Crippen molar-refractivity contribution >= 4 is 21.8 Å². The summed E-state index contributed by atoms with van der Waals surface area (Å²) in [6.07, 6.45) is 4.37. The van der Waals surface area contributed by atoms with Gasteiger partial charge >= 0.3 is 0 Å². The highest BCUT2D eigenvalue weighted by Gasteiger charge is 2.38. The second-order valence-electron chi connectivity index (χ2n) is 6.70. The summed E-state index contributed by atoms with van der Waals surface area (Å²) >= 11 is 3.45. The molecule has 2 unspecified atom stereocenters. The molecule has 1 aromatic carbocycles. The molecule has 3 rings (SSSR count). The molecule has 1 amide bonds. The van der Waals surface area contributed by atoms with Crippen molar-refractivity contribution in [2.45, 2.75) is 32.4 Å². The van der Waals surface area contributed by atoms with Gasteiger partial charge in [0.2, 0.25) is 5.91 Å². The lowest BCUT2D eigenvalue weighted by Gasteiger charge is -2.23. The van der Waals surface area contributed by atoms with Crippen LogP contribution in [0, 0.1) is 12.3 Å². The summed E-state index contributed by atoms with van der Waals surface area (Å²) in [6.45, 7) is 4.61. The summed E-state index contributed by atoms with van der Waals surface area (Å²) in [7, 11) is 1.69. The number of amides is 1. The van der Waals surface area contributed by atoms with Gasteiger partial charge in [0.15, 0.2) is 0 Å². The van der Waals surface area contributed by atoms with Crippen LogP contribution in [0.2, 0.25) is 0 Å². The summed E-state index contributed by atoms with van der Waals surface area (Å²) in [6, 6.07) is 7.98.